The summed E-state index contributed by atoms with van der Waals surface area (Å²) in [4.78, 5) is 12.4. The number of para-hydroxylation sites is 1. The zero-order chi connectivity index (χ0) is 19.7. The fourth-order valence-corrected chi connectivity index (χ4v) is 5.45. The number of nitrogens with zero attached hydrogens (tertiary/aromatic N) is 1. The van der Waals surface area contributed by atoms with Crippen molar-refractivity contribution in [1.82, 2.24) is 10.4 Å². The number of nitrogens with one attached hydrogen (secondary N) is 1. The monoisotopic (exact) mass is 401 g/mol. The average Bonchev–Trinajstić information content (AvgIpc) is 3.08. The van der Waals surface area contributed by atoms with Crippen LogP contribution in [0.25, 0.3) is 0 Å². The van der Waals surface area contributed by atoms with Gasteiger partial charge in [0.05, 0.1) is 6.61 Å². The van der Waals surface area contributed by atoms with E-state index in [0.29, 0.717) is 38.0 Å². The van der Waals surface area contributed by atoms with Gasteiger partial charge in [0.25, 0.3) is 0 Å². The van der Waals surface area contributed by atoms with Crippen LogP contribution in [0.1, 0.15) is 41.3 Å². The predicted molar refractivity (Wildman–Crippen MR) is 108 cm³/mol. The first-order valence-electron chi connectivity index (χ1n) is 9.50. The average molecular weight is 402 g/mol. The van der Waals surface area contributed by atoms with E-state index in [-0.39, 0.29) is 17.1 Å². The molecule has 5 nitrogen and oxygen atoms in total. The molecule has 1 amide bonds. The summed E-state index contributed by atoms with van der Waals surface area (Å²) >= 11 is 1.57. The van der Waals surface area contributed by atoms with E-state index in [2.05, 4.69) is 5.43 Å². The van der Waals surface area contributed by atoms with Crippen molar-refractivity contribution in [2.24, 2.45) is 5.73 Å². The molecule has 7 heteroatoms. The fraction of sp³-hybridized carbons (Fsp3) is 0.381. The lowest BCUT2D eigenvalue weighted by molar-refractivity contribution is -0.139. The van der Waals surface area contributed by atoms with Crippen LogP contribution in [0.2, 0.25) is 0 Å². The molecule has 28 heavy (non-hydrogen) atoms. The molecule has 2 atom stereocenters. The fourth-order valence-electron chi connectivity index (χ4n) is 3.84. The first-order chi connectivity index (χ1) is 13.5. The third-order valence-corrected chi connectivity index (χ3v) is 6.80. The summed E-state index contributed by atoms with van der Waals surface area (Å²) in [5, 5.41) is 1.33. The maximum absolute atomic E-state index is 14.6. The molecule has 0 saturated carbocycles. The third kappa shape index (κ3) is 3.27. The van der Waals surface area contributed by atoms with E-state index in [9.17, 15) is 9.18 Å². The van der Waals surface area contributed by atoms with Crippen LogP contribution in [0.15, 0.2) is 42.5 Å². The van der Waals surface area contributed by atoms with Crippen molar-refractivity contribution < 1.29 is 13.9 Å². The second kappa shape index (κ2) is 7.73. The molecule has 3 N–H and O–H groups in total. The van der Waals surface area contributed by atoms with Crippen LogP contribution in [0.5, 0.6) is 5.75 Å². The molecular weight excluding hydrogens is 377 g/mol. The van der Waals surface area contributed by atoms with E-state index in [1.807, 2.05) is 37.3 Å². The van der Waals surface area contributed by atoms with Gasteiger partial charge in [-0.05, 0) is 32.0 Å². The van der Waals surface area contributed by atoms with Crippen molar-refractivity contribution in [1.29, 1.82) is 0 Å². The highest BCUT2D eigenvalue weighted by molar-refractivity contribution is 8.00. The molecule has 4 rings (SSSR count). The third-order valence-electron chi connectivity index (χ3n) is 5.20. The number of carbonyl (C=O) groups excluding carboxylic acids is 1. The van der Waals surface area contributed by atoms with Crippen molar-refractivity contribution in [3.05, 3.63) is 65.0 Å². The minimum atomic E-state index is -0.638. The highest BCUT2D eigenvalue weighted by atomic mass is 32.2. The smallest absolute Gasteiger partial charge is 0.238 e. The Balaban J connectivity index is 1.77. The topological polar surface area (TPSA) is 67.6 Å². The highest BCUT2D eigenvalue weighted by Crippen LogP contribution is 2.57. The second-order valence-corrected chi connectivity index (χ2v) is 8.53. The van der Waals surface area contributed by atoms with Crippen molar-refractivity contribution in [2.75, 3.05) is 13.2 Å². The second-order valence-electron chi connectivity index (χ2n) is 7.15. The lowest BCUT2D eigenvalue weighted by Gasteiger charge is -2.40. The number of carbonyl (C=O) groups is 1. The van der Waals surface area contributed by atoms with Crippen LogP contribution in [0, 0.1) is 12.7 Å². The quantitative estimate of drug-likeness (QED) is 0.820. The van der Waals surface area contributed by atoms with Crippen LogP contribution >= 0.6 is 11.8 Å². The molecule has 2 aliphatic rings. The minimum absolute atomic E-state index is 0.0368. The van der Waals surface area contributed by atoms with Gasteiger partial charge in [-0.15, -0.1) is 11.8 Å². The van der Waals surface area contributed by atoms with Crippen molar-refractivity contribution >= 4 is 17.7 Å². The molecule has 2 aliphatic heterocycles. The number of hydrazine groups is 1. The maximum Gasteiger partial charge on any atom is 0.238 e. The summed E-state index contributed by atoms with van der Waals surface area (Å²) in [6.45, 7) is 2.89. The lowest BCUT2D eigenvalue weighted by atomic mass is 9.98. The summed E-state index contributed by atoms with van der Waals surface area (Å²) in [6.07, 6.45) is 1.58. The largest absolute Gasteiger partial charge is 0.493 e. The Morgan fingerprint density at radius 3 is 3.04 bits per heavy atom. The molecule has 148 valence electrons. The predicted octanol–water partition coefficient (Wildman–Crippen LogP) is 3.59. The standard InChI is InChI=1S/C21H24FN3O2S/c1-14-8-9-17(22)15(13-14)20-24-25(19(26)7-4-11-23)21(28-20)10-12-27-18-6-3-2-5-16(18)21/h2-3,5-6,8-9,13,20,24H,4,7,10-12,23H2,1H3. The number of aryl methyl sites for hydroxylation is 1. The zero-order valence-electron chi connectivity index (χ0n) is 15.8. The van der Waals surface area contributed by atoms with Gasteiger partial charge in [-0.3, -0.25) is 9.80 Å². The number of hydrogen-bond acceptors (Lipinski definition) is 5. The zero-order valence-corrected chi connectivity index (χ0v) is 16.6. The molecule has 0 bridgehead atoms. The number of amides is 1. The van der Waals surface area contributed by atoms with Gasteiger partial charge >= 0.3 is 0 Å². The molecule has 0 aromatic heterocycles. The molecule has 0 aliphatic carbocycles. The van der Waals surface area contributed by atoms with Crippen LogP contribution in [-0.4, -0.2) is 24.1 Å². The van der Waals surface area contributed by atoms with Gasteiger partial charge in [-0.25, -0.2) is 9.82 Å². The van der Waals surface area contributed by atoms with Crippen LogP contribution < -0.4 is 15.9 Å². The first-order valence-corrected chi connectivity index (χ1v) is 10.4. The van der Waals surface area contributed by atoms with Crippen LogP contribution in [0.4, 0.5) is 4.39 Å². The van der Waals surface area contributed by atoms with Crippen LogP contribution in [0.3, 0.4) is 0 Å². The summed E-state index contributed by atoms with van der Waals surface area (Å²) in [7, 11) is 0. The summed E-state index contributed by atoms with van der Waals surface area (Å²) in [6, 6.07) is 12.8. The molecule has 1 saturated heterocycles. The van der Waals surface area contributed by atoms with Crippen molar-refractivity contribution in [3.8, 4) is 5.75 Å². The summed E-state index contributed by atoms with van der Waals surface area (Å²) in [5.74, 6) is 0.456. The lowest BCUT2D eigenvalue weighted by Crippen LogP contribution is -2.51. The van der Waals surface area contributed by atoms with E-state index in [1.165, 1.54) is 6.07 Å². The number of ether oxygens (including phenoxy) is 1. The Morgan fingerprint density at radius 1 is 1.39 bits per heavy atom. The number of halogens is 1. The van der Waals surface area contributed by atoms with Crippen LogP contribution in [-0.2, 0) is 9.67 Å². The molecular formula is C21H24FN3O2S. The Morgan fingerprint density at radius 2 is 2.21 bits per heavy atom. The van der Waals surface area contributed by atoms with Gasteiger partial charge in [-0.1, -0.05) is 35.9 Å². The first kappa shape index (κ1) is 19.2. The van der Waals surface area contributed by atoms with E-state index in [0.717, 1.165) is 16.9 Å². The Labute approximate surface area is 168 Å². The molecule has 1 fully saturated rings. The van der Waals surface area contributed by atoms with E-state index >= 15 is 0 Å². The minimum Gasteiger partial charge on any atom is -0.493 e. The van der Waals surface area contributed by atoms with Gasteiger partial charge in [-0.2, -0.15) is 0 Å². The van der Waals surface area contributed by atoms with Gasteiger partial charge < -0.3 is 10.5 Å². The SMILES string of the molecule is Cc1ccc(F)c(C2NN(C(=O)CCCN)C3(CCOc4ccccc43)S2)c1. The maximum atomic E-state index is 14.6. The van der Waals surface area contributed by atoms with Gasteiger partial charge in [0.2, 0.25) is 5.91 Å². The molecule has 2 aromatic rings. The number of rotatable bonds is 4. The number of thioether (sulfide) groups is 1. The van der Waals surface area contributed by atoms with E-state index in [1.54, 1.807) is 22.8 Å². The highest BCUT2D eigenvalue weighted by Gasteiger charge is 2.53. The van der Waals surface area contributed by atoms with Crippen molar-refractivity contribution in [2.45, 2.75) is 36.4 Å². The Bertz CT molecular complexity index is 894. The molecule has 2 aromatic carbocycles. The number of fused-ring (bicyclic) bond motifs is 2. The summed E-state index contributed by atoms with van der Waals surface area (Å²) in [5.41, 5.74) is 11.4. The van der Waals surface area contributed by atoms with Gasteiger partial charge in [0.1, 0.15) is 21.8 Å². The molecule has 1 spiro atoms. The van der Waals surface area contributed by atoms with Gasteiger partial charge in [0.15, 0.2) is 0 Å². The molecule has 0 radical (unpaired) electrons. The van der Waals surface area contributed by atoms with Crippen molar-refractivity contribution in [3.63, 3.8) is 0 Å². The molecule has 2 heterocycles. The number of nitrogens with two attached hydrogens (primary N) is 1. The Hall–Kier alpha value is -2.09. The van der Waals surface area contributed by atoms with E-state index < -0.39 is 4.87 Å². The summed E-state index contributed by atoms with van der Waals surface area (Å²) < 4.78 is 20.4. The Kier molecular flexibility index (Phi) is 5.31. The normalized spacial score (nSPS) is 23.5. The number of benzene rings is 2. The number of hydrogen-bond donors (Lipinski definition) is 2. The van der Waals surface area contributed by atoms with Gasteiger partial charge in [0, 0.05) is 24.0 Å². The molecule has 2 unspecified atom stereocenters. The van der Waals surface area contributed by atoms with E-state index in [4.69, 9.17) is 10.5 Å².